The first-order valence-corrected chi connectivity index (χ1v) is 12.5. The maximum atomic E-state index is 12.6. The van der Waals surface area contributed by atoms with Crippen molar-refractivity contribution < 1.29 is 8.42 Å². The summed E-state index contributed by atoms with van der Waals surface area (Å²) in [7, 11) is -3.38. The third-order valence-corrected chi connectivity index (χ3v) is 8.07. The van der Waals surface area contributed by atoms with E-state index < -0.39 is 9.84 Å². The number of nitrogens with zero attached hydrogens (tertiary/aromatic N) is 4. The van der Waals surface area contributed by atoms with Crippen LogP contribution in [-0.2, 0) is 9.84 Å². The predicted molar refractivity (Wildman–Crippen MR) is 124 cm³/mol. The summed E-state index contributed by atoms with van der Waals surface area (Å²) in [6, 6.07) is 17.8. The van der Waals surface area contributed by atoms with E-state index in [1.165, 1.54) is 11.8 Å². The zero-order valence-corrected chi connectivity index (χ0v) is 19.0. The smallest absolute Gasteiger partial charge is 0.196 e. The Morgan fingerprint density at radius 2 is 1.71 bits per heavy atom. The summed E-state index contributed by atoms with van der Waals surface area (Å²) in [5.41, 5.74) is 2.58. The molecule has 9 heteroatoms. The Balaban J connectivity index is 1.67. The molecule has 0 fully saturated rings. The van der Waals surface area contributed by atoms with Crippen molar-refractivity contribution in [2.75, 3.05) is 11.5 Å². The molecule has 0 atom stereocenters. The highest BCUT2D eigenvalue weighted by atomic mass is 35.5. The van der Waals surface area contributed by atoms with Crippen LogP contribution < -0.4 is 0 Å². The summed E-state index contributed by atoms with van der Waals surface area (Å²) < 4.78 is 27.2. The molecule has 0 aliphatic carbocycles. The normalized spacial score (nSPS) is 11.5. The van der Waals surface area contributed by atoms with Gasteiger partial charge in [0.25, 0.3) is 0 Å². The number of pyridine rings is 1. The molecule has 0 radical (unpaired) electrons. The van der Waals surface area contributed by atoms with E-state index >= 15 is 0 Å². The fourth-order valence-corrected chi connectivity index (χ4v) is 5.88. The lowest BCUT2D eigenvalue weighted by molar-refractivity contribution is 0.597. The lowest BCUT2D eigenvalue weighted by atomic mass is 10.2. The summed E-state index contributed by atoms with van der Waals surface area (Å²) in [6.07, 6.45) is 3.39. The number of hydrogen-bond donors (Lipinski definition) is 0. The molecule has 31 heavy (non-hydrogen) atoms. The fraction of sp³-hybridized carbons (Fsp3) is 0.136. The van der Waals surface area contributed by atoms with Gasteiger partial charge in [0.05, 0.1) is 16.3 Å². The number of sulfone groups is 1. The number of aromatic nitrogens is 4. The highest BCUT2D eigenvalue weighted by Crippen LogP contribution is 2.31. The molecule has 0 spiro atoms. The van der Waals surface area contributed by atoms with E-state index in [0.717, 1.165) is 16.8 Å². The van der Waals surface area contributed by atoms with E-state index in [0.29, 0.717) is 26.7 Å². The van der Waals surface area contributed by atoms with Gasteiger partial charge in [-0.25, -0.2) is 8.42 Å². The van der Waals surface area contributed by atoms with E-state index in [9.17, 15) is 8.42 Å². The summed E-state index contributed by atoms with van der Waals surface area (Å²) in [4.78, 5) is 4.39. The van der Waals surface area contributed by atoms with E-state index in [2.05, 4.69) is 15.2 Å². The van der Waals surface area contributed by atoms with E-state index in [1.807, 2.05) is 41.8 Å². The molecule has 0 unspecified atom stereocenters. The molecule has 4 aromatic rings. The fourth-order valence-electron chi connectivity index (χ4n) is 3.10. The van der Waals surface area contributed by atoms with Gasteiger partial charge in [0, 0.05) is 28.7 Å². The molecule has 0 aliphatic heterocycles. The standard InChI is InChI=1S/C22H19ClN4O2S2/c1-16-19(23)8-5-9-20(16)27-21(17-10-12-24-13-11-17)25-26-22(27)30-14-15-31(28,29)18-6-3-2-4-7-18/h2-13H,14-15H2,1H3. The van der Waals surface area contributed by atoms with Crippen molar-refractivity contribution in [2.45, 2.75) is 17.0 Å². The first-order valence-electron chi connectivity index (χ1n) is 9.49. The third-order valence-electron chi connectivity index (χ3n) is 4.74. The lowest BCUT2D eigenvalue weighted by Crippen LogP contribution is -2.09. The van der Waals surface area contributed by atoms with Crippen molar-refractivity contribution in [3.8, 4) is 17.1 Å². The summed E-state index contributed by atoms with van der Waals surface area (Å²) >= 11 is 7.71. The van der Waals surface area contributed by atoms with Crippen LogP contribution in [0.1, 0.15) is 5.56 Å². The number of benzene rings is 2. The Kier molecular flexibility index (Phi) is 6.41. The maximum Gasteiger partial charge on any atom is 0.196 e. The molecule has 0 amide bonds. The first-order chi connectivity index (χ1) is 15.0. The molecule has 4 rings (SSSR count). The van der Waals surface area contributed by atoms with Gasteiger partial charge < -0.3 is 0 Å². The van der Waals surface area contributed by atoms with Gasteiger partial charge in [0.2, 0.25) is 0 Å². The van der Waals surface area contributed by atoms with E-state index in [-0.39, 0.29) is 5.75 Å². The molecule has 158 valence electrons. The average Bonchev–Trinajstić information content (AvgIpc) is 3.20. The molecule has 0 aliphatic rings. The monoisotopic (exact) mass is 470 g/mol. The summed E-state index contributed by atoms with van der Waals surface area (Å²) in [6.45, 7) is 1.93. The van der Waals surface area contributed by atoms with Crippen LogP contribution in [0.15, 0.2) is 83.1 Å². The Labute approximate surface area is 190 Å². The first kappa shape index (κ1) is 21.5. The third kappa shape index (κ3) is 4.66. The highest BCUT2D eigenvalue weighted by Gasteiger charge is 2.20. The second-order valence-electron chi connectivity index (χ2n) is 6.74. The average molecular weight is 471 g/mol. The molecule has 2 heterocycles. The quantitative estimate of drug-likeness (QED) is 0.359. The molecule has 2 aromatic carbocycles. The van der Waals surface area contributed by atoms with Gasteiger partial charge >= 0.3 is 0 Å². The SMILES string of the molecule is Cc1c(Cl)cccc1-n1c(SCCS(=O)(=O)c2ccccc2)nnc1-c1ccncc1. The Morgan fingerprint density at radius 1 is 0.968 bits per heavy atom. The van der Waals surface area contributed by atoms with Gasteiger partial charge in [-0.15, -0.1) is 10.2 Å². The minimum absolute atomic E-state index is 0.00629. The molecule has 0 saturated carbocycles. The highest BCUT2D eigenvalue weighted by molar-refractivity contribution is 8.00. The van der Waals surface area contributed by atoms with Crippen molar-refractivity contribution in [1.82, 2.24) is 19.7 Å². The van der Waals surface area contributed by atoms with Crippen LogP contribution in [0.4, 0.5) is 0 Å². The van der Waals surface area contributed by atoms with Crippen LogP contribution in [-0.4, -0.2) is 39.7 Å². The lowest BCUT2D eigenvalue weighted by Gasteiger charge is -2.14. The van der Waals surface area contributed by atoms with Crippen LogP contribution in [0.25, 0.3) is 17.1 Å². The molecule has 0 N–H and O–H groups in total. The van der Waals surface area contributed by atoms with Gasteiger partial charge in [0.15, 0.2) is 20.8 Å². The number of rotatable bonds is 7. The largest absolute Gasteiger partial charge is 0.270 e. The minimum Gasteiger partial charge on any atom is -0.270 e. The minimum atomic E-state index is -3.38. The van der Waals surface area contributed by atoms with Crippen LogP contribution in [0.3, 0.4) is 0 Å². The second kappa shape index (κ2) is 9.21. The summed E-state index contributed by atoms with van der Waals surface area (Å²) in [5, 5.41) is 9.96. The Morgan fingerprint density at radius 3 is 2.45 bits per heavy atom. The Hall–Kier alpha value is -2.68. The maximum absolute atomic E-state index is 12.6. The van der Waals surface area contributed by atoms with Crippen LogP contribution >= 0.6 is 23.4 Å². The second-order valence-corrected chi connectivity index (χ2v) is 10.3. The number of thioether (sulfide) groups is 1. The van der Waals surface area contributed by atoms with Crippen molar-refractivity contribution in [2.24, 2.45) is 0 Å². The zero-order chi connectivity index (χ0) is 21.8. The topological polar surface area (TPSA) is 77.7 Å². The van der Waals surface area contributed by atoms with Crippen molar-refractivity contribution in [3.05, 3.63) is 83.6 Å². The van der Waals surface area contributed by atoms with Gasteiger partial charge in [-0.1, -0.05) is 47.6 Å². The van der Waals surface area contributed by atoms with E-state index in [4.69, 9.17) is 11.6 Å². The number of halogens is 1. The molecular formula is C22H19ClN4O2S2. The van der Waals surface area contributed by atoms with Crippen LogP contribution in [0.5, 0.6) is 0 Å². The van der Waals surface area contributed by atoms with Gasteiger partial charge in [-0.3, -0.25) is 9.55 Å². The van der Waals surface area contributed by atoms with Crippen molar-refractivity contribution >= 4 is 33.2 Å². The molecular weight excluding hydrogens is 452 g/mol. The van der Waals surface area contributed by atoms with Gasteiger partial charge in [-0.2, -0.15) is 0 Å². The van der Waals surface area contributed by atoms with Gasteiger partial charge in [0.1, 0.15) is 0 Å². The molecule has 0 bridgehead atoms. The molecule has 2 aromatic heterocycles. The zero-order valence-electron chi connectivity index (χ0n) is 16.6. The van der Waals surface area contributed by atoms with Gasteiger partial charge in [-0.05, 0) is 48.9 Å². The molecule has 6 nitrogen and oxygen atoms in total. The summed E-state index contributed by atoms with van der Waals surface area (Å²) in [5.74, 6) is 0.972. The predicted octanol–water partition coefficient (Wildman–Crippen LogP) is 4.86. The van der Waals surface area contributed by atoms with Crippen LogP contribution in [0, 0.1) is 6.92 Å². The van der Waals surface area contributed by atoms with Crippen molar-refractivity contribution in [1.29, 1.82) is 0 Å². The van der Waals surface area contributed by atoms with Crippen LogP contribution in [0.2, 0.25) is 5.02 Å². The van der Waals surface area contributed by atoms with E-state index in [1.54, 1.807) is 42.7 Å². The van der Waals surface area contributed by atoms with Crippen molar-refractivity contribution in [3.63, 3.8) is 0 Å². The Bertz CT molecular complexity index is 1290. The molecule has 0 saturated heterocycles. The number of hydrogen-bond acceptors (Lipinski definition) is 6.